The molecule has 0 aliphatic carbocycles. The zero-order valence-corrected chi connectivity index (χ0v) is 12.6. The summed E-state index contributed by atoms with van der Waals surface area (Å²) in [5.74, 6) is 2.71. The number of hydrogen-bond donors (Lipinski definition) is 1. The molecule has 5 nitrogen and oxygen atoms in total. The van der Waals surface area contributed by atoms with Crippen molar-refractivity contribution in [2.75, 3.05) is 27.1 Å². The zero-order valence-electron chi connectivity index (χ0n) is 12.6. The summed E-state index contributed by atoms with van der Waals surface area (Å²) in [5, 5.41) is 0. The molecular weight excluding hydrogens is 270 g/mol. The van der Waals surface area contributed by atoms with Gasteiger partial charge in [0.1, 0.15) is 5.75 Å². The van der Waals surface area contributed by atoms with Crippen LogP contribution in [0.5, 0.6) is 28.7 Å². The highest BCUT2D eigenvalue weighted by Gasteiger charge is 2.15. The Morgan fingerprint density at radius 1 is 0.810 bits per heavy atom. The molecule has 0 fully saturated rings. The summed E-state index contributed by atoms with van der Waals surface area (Å²) in [6, 6.07) is 9.06. The van der Waals surface area contributed by atoms with Crippen molar-refractivity contribution in [1.82, 2.24) is 0 Å². The van der Waals surface area contributed by atoms with Crippen molar-refractivity contribution >= 4 is 5.69 Å². The Morgan fingerprint density at radius 2 is 1.43 bits per heavy atom. The second kappa shape index (κ2) is 6.26. The molecule has 2 aromatic rings. The van der Waals surface area contributed by atoms with Crippen LogP contribution in [0.2, 0.25) is 0 Å². The van der Waals surface area contributed by atoms with Gasteiger partial charge in [0.15, 0.2) is 17.2 Å². The lowest BCUT2D eigenvalue weighted by atomic mass is 10.2. The number of ether oxygens (including phenoxy) is 4. The number of nitrogen functional groups attached to an aromatic ring is 1. The Balaban J connectivity index is 2.42. The molecule has 21 heavy (non-hydrogen) atoms. The average molecular weight is 289 g/mol. The molecule has 0 heterocycles. The molecule has 0 saturated heterocycles. The molecule has 0 saturated carbocycles. The van der Waals surface area contributed by atoms with Crippen molar-refractivity contribution in [2.24, 2.45) is 0 Å². The summed E-state index contributed by atoms with van der Waals surface area (Å²) >= 11 is 0. The third kappa shape index (κ3) is 3.13. The molecular formula is C16H19NO4. The lowest BCUT2D eigenvalue weighted by molar-refractivity contribution is 0.321. The summed E-state index contributed by atoms with van der Waals surface area (Å²) in [5.41, 5.74) is 7.55. The lowest BCUT2D eigenvalue weighted by Crippen LogP contribution is -1.97. The number of rotatable bonds is 5. The average Bonchev–Trinajstić information content (AvgIpc) is 2.49. The molecule has 0 radical (unpaired) electrons. The zero-order chi connectivity index (χ0) is 15.4. The minimum atomic E-state index is 0.518. The normalized spacial score (nSPS) is 10.1. The molecule has 0 spiro atoms. The van der Waals surface area contributed by atoms with Crippen molar-refractivity contribution in [1.29, 1.82) is 0 Å². The molecule has 112 valence electrons. The minimum Gasteiger partial charge on any atom is -0.493 e. The Hall–Kier alpha value is -2.56. The summed E-state index contributed by atoms with van der Waals surface area (Å²) in [6.45, 7) is 1.97. The summed E-state index contributed by atoms with van der Waals surface area (Å²) in [4.78, 5) is 0. The van der Waals surface area contributed by atoms with Crippen LogP contribution >= 0.6 is 0 Å². The third-order valence-electron chi connectivity index (χ3n) is 3.04. The van der Waals surface area contributed by atoms with E-state index in [1.165, 1.54) is 0 Å². The fourth-order valence-corrected chi connectivity index (χ4v) is 1.97. The minimum absolute atomic E-state index is 0.518. The highest BCUT2D eigenvalue weighted by Crippen LogP contribution is 2.42. The monoisotopic (exact) mass is 289 g/mol. The van der Waals surface area contributed by atoms with Crippen LogP contribution in [-0.2, 0) is 0 Å². The molecule has 2 N–H and O–H groups in total. The second-order valence-corrected chi connectivity index (χ2v) is 4.50. The molecule has 0 aliphatic rings. The number of methoxy groups -OCH3 is 3. The van der Waals surface area contributed by atoms with Crippen molar-refractivity contribution in [3.05, 3.63) is 35.9 Å². The number of hydrogen-bond acceptors (Lipinski definition) is 5. The molecule has 0 aromatic heterocycles. The van der Waals surface area contributed by atoms with E-state index in [1.807, 2.05) is 25.1 Å². The lowest BCUT2D eigenvalue weighted by Gasteiger charge is -2.15. The molecule has 0 amide bonds. The first-order valence-corrected chi connectivity index (χ1v) is 6.43. The van der Waals surface area contributed by atoms with Gasteiger partial charge < -0.3 is 24.7 Å². The van der Waals surface area contributed by atoms with E-state index in [1.54, 1.807) is 33.5 Å². The van der Waals surface area contributed by atoms with E-state index in [0.29, 0.717) is 34.4 Å². The summed E-state index contributed by atoms with van der Waals surface area (Å²) < 4.78 is 21.7. The number of anilines is 1. The highest BCUT2D eigenvalue weighted by molar-refractivity contribution is 5.59. The molecule has 2 aromatic carbocycles. The van der Waals surface area contributed by atoms with E-state index in [0.717, 1.165) is 5.56 Å². The van der Waals surface area contributed by atoms with Gasteiger partial charge in [-0.15, -0.1) is 0 Å². The quantitative estimate of drug-likeness (QED) is 0.855. The maximum Gasteiger partial charge on any atom is 0.203 e. The Bertz CT molecular complexity index is 615. The largest absolute Gasteiger partial charge is 0.493 e. The highest BCUT2D eigenvalue weighted by atomic mass is 16.5. The molecule has 0 atom stereocenters. The van der Waals surface area contributed by atoms with Gasteiger partial charge in [0, 0.05) is 12.1 Å². The van der Waals surface area contributed by atoms with Gasteiger partial charge in [0.2, 0.25) is 5.75 Å². The molecule has 5 heteroatoms. The van der Waals surface area contributed by atoms with Gasteiger partial charge in [-0.1, -0.05) is 6.07 Å². The van der Waals surface area contributed by atoms with E-state index in [2.05, 4.69) is 0 Å². The van der Waals surface area contributed by atoms with Gasteiger partial charge in [0.25, 0.3) is 0 Å². The van der Waals surface area contributed by atoms with Crippen LogP contribution in [0.1, 0.15) is 5.56 Å². The van der Waals surface area contributed by atoms with Crippen LogP contribution in [0.3, 0.4) is 0 Å². The maximum atomic E-state index is 5.92. The predicted octanol–water partition coefficient (Wildman–Crippen LogP) is 3.40. The predicted molar refractivity (Wildman–Crippen MR) is 81.8 cm³/mol. The van der Waals surface area contributed by atoms with Crippen LogP contribution in [0.4, 0.5) is 5.69 Å². The van der Waals surface area contributed by atoms with E-state index in [4.69, 9.17) is 24.7 Å². The van der Waals surface area contributed by atoms with Crippen molar-refractivity contribution < 1.29 is 18.9 Å². The molecule has 0 bridgehead atoms. The molecule has 2 rings (SSSR count). The van der Waals surface area contributed by atoms with Crippen LogP contribution in [0, 0.1) is 6.92 Å². The molecule has 0 aliphatic heterocycles. The number of benzene rings is 2. The Labute approximate surface area is 124 Å². The van der Waals surface area contributed by atoms with Gasteiger partial charge in [-0.3, -0.25) is 0 Å². The number of nitrogens with two attached hydrogens (primary N) is 1. The topological polar surface area (TPSA) is 62.9 Å². The summed E-state index contributed by atoms with van der Waals surface area (Å²) in [6.07, 6.45) is 0. The maximum absolute atomic E-state index is 5.92. The SMILES string of the molecule is COc1cc(Oc2cc(C)ccc2N)cc(OC)c1OC. The molecule has 0 unspecified atom stereocenters. The standard InChI is InChI=1S/C16H19NO4/c1-10-5-6-12(17)13(7-10)21-11-8-14(18-2)16(20-4)15(9-11)19-3/h5-9H,17H2,1-4H3. The van der Waals surface area contributed by atoms with Crippen molar-refractivity contribution in [2.45, 2.75) is 6.92 Å². The fourth-order valence-electron chi connectivity index (χ4n) is 1.97. The second-order valence-electron chi connectivity index (χ2n) is 4.50. The van der Waals surface area contributed by atoms with Crippen LogP contribution in [-0.4, -0.2) is 21.3 Å². The van der Waals surface area contributed by atoms with E-state index < -0.39 is 0 Å². The van der Waals surface area contributed by atoms with Crippen molar-refractivity contribution in [3.8, 4) is 28.7 Å². The van der Waals surface area contributed by atoms with E-state index in [-0.39, 0.29) is 0 Å². The van der Waals surface area contributed by atoms with E-state index in [9.17, 15) is 0 Å². The first kappa shape index (κ1) is 14.8. The van der Waals surface area contributed by atoms with Gasteiger partial charge >= 0.3 is 0 Å². The Kier molecular flexibility index (Phi) is 4.42. The fraction of sp³-hybridized carbons (Fsp3) is 0.250. The van der Waals surface area contributed by atoms with Crippen molar-refractivity contribution in [3.63, 3.8) is 0 Å². The van der Waals surface area contributed by atoms with Gasteiger partial charge in [-0.25, -0.2) is 0 Å². The number of aryl methyl sites for hydroxylation is 1. The van der Waals surface area contributed by atoms with Crippen LogP contribution in [0.15, 0.2) is 30.3 Å². The van der Waals surface area contributed by atoms with Crippen LogP contribution < -0.4 is 24.7 Å². The van der Waals surface area contributed by atoms with E-state index >= 15 is 0 Å². The van der Waals surface area contributed by atoms with Gasteiger partial charge in [-0.2, -0.15) is 0 Å². The first-order valence-electron chi connectivity index (χ1n) is 6.43. The Morgan fingerprint density at radius 3 is 1.95 bits per heavy atom. The third-order valence-corrected chi connectivity index (χ3v) is 3.04. The van der Waals surface area contributed by atoms with Gasteiger partial charge in [0.05, 0.1) is 27.0 Å². The first-order chi connectivity index (χ1) is 10.1. The van der Waals surface area contributed by atoms with Gasteiger partial charge in [-0.05, 0) is 24.6 Å². The van der Waals surface area contributed by atoms with Crippen LogP contribution in [0.25, 0.3) is 0 Å². The summed E-state index contributed by atoms with van der Waals surface area (Å²) in [7, 11) is 4.67. The smallest absolute Gasteiger partial charge is 0.203 e.